The van der Waals surface area contributed by atoms with E-state index in [9.17, 15) is 5.11 Å². The van der Waals surface area contributed by atoms with Crippen LogP contribution in [0.2, 0.25) is 0 Å². The standard InChI is InChI=1S/C16H27NO3/c1-12(2)17(8-9-19-4)11-15(18)14-10-13(3)6-7-16(14)20-5/h6-7,10,12,15,18H,8-9,11H2,1-5H3. The number of hydrogen-bond acceptors (Lipinski definition) is 4. The van der Waals surface area contributed by atoms with Gasteiger partial charge in [0.25, 0.3) is 0 Å². The third kappa shape index (κ3) is 4.78. The third-order valence-electron chi connectivity index (χ3n) is 3.46. The van der Waals surface area contributed by atoms with Crippen molar-refractivity contribution < 1.29 is 14.6 Å². The molecule has 1 aromatic rings. The molecule has 1 unspecified atom stereocenters. The second kappa shape index (κ2) is 8.25. The molecule has 0 saturated carbocycles. The SMILES string of the molecule is COCCN(CC(O)c1cc(C)ccc1OC)C(C)C. The fourth-order valence-electron chi connectivity index (χ4n) is 2.20. The lowest BCUT2D eigenvalue weighted by Crippen LogP contribution is -2.37. The Labute approximate surface area is 122 Å². The highest BCUT2D eigenvalue weighted by Gasteiger charge is 2.19. The van der Waals surface area contributed by atoms with Crippen LogP contribution in [0, 0.1) is 6.92 Å². The minimum absolute atomic E-state index is 0.357. The normalized spacial score (nSPS) is 13.0. The Hall–Kier alpha value is -1.10. The largest absolute Gasteiger partial charge is 0.496 e. The summed E-state index contributed by atoms with van der Waals surface area (Å²) in [6.07, 6.45) is -0.566. The lowest BCUT2D eigenvalue weighted by Gasteiger charge is -2.29. The highest BCUT2D eigenvalue weighted by Crippen LogP contribution is 2.27. The monoisotopic (exact) mass is 281 g/mol. The quantitative estimate of drug-likeness (QED) is 0.794. The molecule has 0 aliphatic heterocycles. The first-order chi connectivity index (χ1) is 9.49. The second-order valence-electron chi connectivity index (χ2n) is 5.34. The average Bonchev–Trinajstić information content (AvgIpc) is 2.42. The minimum atomic E-state index is -0.566. The summed E-state index contributed by atoms with van der Waals surface area (Å²) in [4.78, 5) is 2.20. The van der Waals surface area contributed by atoms with Crippen LogP contribution in [0.25, 0.3) is 0 Å². The molecule has 4 nitrogen and oxygen atoms in total. The van der Waals surface area contributed by atoms with E-state index in [0.29, 0.717) is 19.2 Å². The Balaban J connectivity index is 2.82. The average molecular weight is 281 g/mol. The first-order valence-electron chi connectivity index (χ1n) is 7.05. The molecular weight excluding hydrogens is 254 g/mol. The van der Waals surface area contributed by atoms with Gasteiger partial charge in [-0.3, -0.25) is 4.90 Å². The molecule has 0 fully saturated rings. The van der Waals surface area contributed by atoms with E-state index in [1.54, 1.807) is 14.2 Å². The first kappa shape index (κ1) is 17.0. The number of methoxy groups -OCH3 is 2. The number of aliphatic hydroxyl groups is 1. The molecule has 1 aromatic carbocycles. The third-order valence-corrected chi connectivity index (χ3v) is 3.46. The molecule has 1 atom stereocenters. The van der Waals surface area contributed by atoms with Crippen molar-refractivity contribution >= 4 is 0 Å². The van der Waals surface area contributed by atoms with Crippen molar-refractivity contribution in [3.05, 3.63) is 29.3 Å². The number of aryl methyl sites for hydroxylation is 1. The van der Waals surface area contributed by atoms with E-state index in [0.717, 1.165) is 23.4 Å². The van der Waals surface area contributed by atoms with Crippen LogP contribution in [0.15, 0.2) is 18.2 Å². The Morgan fingerprint density at radius 2 is 1.95 bits per heavy atom. The molecule has 0 spiro atoms. The van der Waals surface area contributed by atoms with E-state index in [1.165, 1.54) is 0 Å². The van der Waals surface area contributed by atoms with Gasteiger partial charge in [-0.15, -0.1) is 0 Å². The Kier molecular flexibility index (Phi) is 6.99. The molecule has 0 amide bonds. The number of hydrogen-bond donors (Lipinski definition) is 1. The summed E-state index contributed by atoms with van der Waals surface area (Å²) in [6.45, 7) is 8.29. The number of ether oxygens (including phenoxy) is 2. The van der Waals surface area contributed by atoms with Crippen LogP contribution < -0.4 is 4.74 Å². The van der Waals surface area contributed by atoms with Gasteiger partial charge in [0, 0.05) is 31.8 Å². The molecule has 1 N–H and O–H groups in total. The number of rotatable bonds is 8. The predicted octanol–water partition coefficient (Wildman–Crippen LogP) is 2.39. The summed E-state index contributed by atoms with van der Waals surface area (Å²) >= 11 is 0. The van der Waals surface area contributed by atoms with Crippen molar-refractivity contribution in [2.45, 2.75) is 32.9 Å². The van der Waals surface area contributed by atoms with Gasteiger partial charge < -0.3 is 14.6 Å². The van der Waals surface area contributed by atoms with Crippen LogP contribution >= 0.6 is 0 Å². The lowest BCUT2D eigenvalue weighted by molar-refractivity contribution is 0.0709. The summed E-state index contributed by atoms with van der Waals surface area (Å²) < 4.78 is 10.5. The molecule has 0 radical (unpaired) electrons. The molecule has 0 aromatic heterocycles. The van der Waals surface area contributed by atoms with E-state index in [-0.39, 0.29) is 0 Å². The van der Waals surface area contributed by atoms with Crippen molar-refractivity contribution in [3.8, 4) is 5.75 Å². The van der Waals surface area contributed by atoms with Crippen molar-refractivity contribution in [3.63, 3.8) is 0 Å². The van der Waals surface area contributed by atoms with Gasteiger partial charge in [-0.2, -0.15) is 0 Å². The molecule has 4 heteroatoms. The van der Waals surface area contributed by atoms with E-state index < -0.39 is 6.10 Å². The Morgan fingerprint density at radius 3 is 2.50 bits per heavy atom. The smallest absolute Gasteiger partial charge is 0.124 e. The lowest BCUT2D eigenvalue weighted by atomic mass is 10.0. The topological polar surface area (TPSA) is 41.9 Å². The molecule has 0 aliphatic carbocycles. The fraction of sp³-hybridized carbons (Fsp3) is 0.625. The van der Waals surface area contributed by atoms with Crippen LogP contribution in [0.3, 0.4) is 0 Å². The molecule has 0 heterocycles. The van der Waals surface area contributed by atoms with Gasteiger partial charge in [0.2, 0.25) is 0 Å². The van der Waals surface area contributed by atoms with Crippen LogP contribution in [0.5, 0.6) is 5.75 Å². The van der Waals surface area contributed by atoms with Crippen LogP contribution in [0.1, 0.15) is 31.1 Å². The number of nitrogens with zero attached hydrogens (tertiary/aromatic N) is 1. The summed E-state index contributed by atoms with van der Waals surface area (Å²) in [5.74, 6) is 0.735. The summed E-state index contributed by atoms with van der Waals surface area (Å²) in [5.41, 5.74) is 1.96. The van der Waals surface area contributed by atoms with E-state index >= 15 is 0 Å². The van der Waals surface area contributed by atoms with Crippen LogP contribution in [-0.4, -0.2) is 50.0 Å². The van der Waals surface area contributed by atoms with Crippen LogP contribution in [-0.2, 0) is 4.74 Å². The molecule has 0 saturated heterocycles. The zero-order valence-electron chi connectivity index (χ0n) is 13.2. The van der Waals surface area contributed by atoms with Gasteiger partial charge in [0.15, 0.2) is 0 Å². The molecule has 20 heavy (non-hydrogen) atoms. The maximum atomic E-state index is 10.5. The summed E-state index contributed by atoms with van der Waals surface area (Å²) in [5, 5.41) is 10.5. The van der Waals surface area contributed by atoms with Crippen molar-refractivity contribution in [1.29, 1.82) is 0 Å². The highest BCUT2D eigenvalue weighted by atomic mass is 16.5. The number of benzene rings is 1. The summed E-state index contributed by atoms with van der Waals surface area (Å²) in [7, 11) is 3.32. The Morgan fingerprint density at radius 1 is 1.25 bits per heavy atom. The van der Waals surface area contributed by atoms with Crippen molar-refractivity contribution in [1.82, 2.24) is 4.90 Å². The van der Waals surface area contributed by atoms with E-state index in [2.05, 4.69) is 18.7 Å². The van der Waals surface area contributed by atoms with Gasteiger partial charge in [-0.05, 0) is 32.9 Å². The first-order valence-corrected chi connectivity index (χ1v) is 7.05. The molecule has 0 bridgehead atoms. The zero-order chi connectivity index (χ0) is 15.1. The second-order valence-corrected chi connectivity index (χ2v) is 5.34. The minimum Gasteiger partial charge on any atom is -0.496 e. The van der Waals surface area contributed by atoms with Gasteiger partial charge in [0.1, 0.15) is 5.75 Å². The fourth-order valence-corrected chi connectivity index (χ4v) is 2.20. The predicted molar refractivity (Wildman–Crippen MR) is 81.3 cm³/mol. The van der Waals surface area contributed by atoms with Crippen molar-refractivity contribution in [2.24, 2.45) is 0 Å². The summed E-state index contributed by atoms with van der Waals surface area (Å²) in [6, 6.07) is 6.23. The number of aliphatic hydroxyl groups excluding tert-OH is 1. The zero-order valence-corrected chi connectivity index (χ0v) is 13.2. The van der Waals surface area contributed by atoms with Gasteiger partial charge in [0.05, 0.1) is 19.8 Å². The molecular formula is C16H27NO3. The molecule has 1 rings (SSSR count). The maximum absolute atomic E-state index is 10.5. The van der Waals surface area contributed by atoms with Gasteiger partial charge >= 0.3 is 0 Å². The maximum Gasteiger partial charge on any atom is 0.124 e. The molecule has 0 aliphatic rings. The van der Waals surface area contributed by atoms with Gasteiger partial charge in [-0.25, -0.2) is 0 Å². The van der Waals surface area contributed by atoms with Gasteiger partial charge in [-0.1, -0.05) is 11.6 Å². The highest BCUT2D eigenvalue weighted by molar-refractivity contribution is 5.38. The van der Waals surface area contributed by atoms with E-state index in [4.69, 9.17) is 9.47 Å². The van der Waals surface area contributed by atoms with E-state index in [1.807, 2.05) is 25.1 Å². The van der Waals surface area contributed by atoms with Crippen LogP contribution in [0.4, 0.5) is 0 Å². The molecule has 114 valence electrons. The van der Waals surface area contributed by atoms with Crippen molar-refractivity contribution in [2.75, 3.05) is 33.9 Å². The Bertz CT molecular complexity index is 407.